The van der Waals surface area contributed by atoms with Crippen LogP contribution in [-0.4, -0.2) is 28.1 Å². The molecule has 1 N–H and O–H groups in total. The minimum atomic E-state index is -0.678. The molecule has 0 spiro atoms. The zero-order valence-corrected chi connectivity index (χ0v) is 11.3. The van der Waals surface area contributed by atoms with Crippen LogP contribution in [0.25, 0.3) is 0 Å². The summed E-state index contributed by atoms with van der Waals surface area (Å²) in [6.07, 6.45) is 0.736. The Morgan fingerprint density at radius 3 is 2.50 bits per heavy atom. The van der Waals surface area contributed by atoms with Crippen molar-refractivity contribution in [2.45, 2.75) is 38.8 Å². The molecule has 1 aliphatic heterocycles. The van der Waals surface area contributed by atoms with Crippen LogP contribution in [0.5, 0.6) is 0 Å². The van der Waals surface area contributed by atoms with E-state index in [0.29, 0.717) is 0 Å². The van der Waals surface area contributed by atoms with Gasteiger partial charge in [-0.05, 0) is 32.8 Å². The van der Waals surface area contributed by atoms with Crippen molar-refractivity contribution in [3.05, 3.63) is 35.9 Å². The first-order valence-corrected chi connectivity index (χ1v) is 6.49. The normalized spacial score (nSPS) is 24.9. The zero-order valence-electron chi connectivity index (χ0n) is 11.3. The first kappa shape index (κ1) is 13.1. The Morgan fingerprint density at radius 1 is 1.39 bits per heavy atom. The minimum absolute atomic E-state index is 0.255. The third-order valence-electron chi connectivity index (χ3n) is 4.30. The van der Waals surface area contributed by atoms with Crippen LogP contribution in [0.4, 0.5) is 0 Å². The Balaban J connectivity index is 2.23. The van der Waals surface area contributed by atoms with Gasteiger partial charge in [-0.1, -0.05) is 30.3 Å². The molecule has 0 saturated carbocycles. The van der Waals surface area contributed by atoms with Crippen molar-refractivity contribution >= 4 is 5.97 Å². The van der Waals surface area contributed by atoms with E-state index < -0.39 is 5.97 Å². The Bertz CT molecular complexity index is 427. The van der Waals surface area contributed by atoms with Gasteiger partial charge in [0.25, 0.3) is 0 Å². The molecule has 3 heteroatoms. The van der Waals surface area contributed by atoms with Gasteiger partial charge in [0.05, 0.1) is 5.92 Å². The van der Waals surface area contributed by atoms with Crippen molar-refractivity contribution in [3.63, 3.8) is 0 Å². The lowest BCUT2D eigenvalue weighted by Crippen LogP contribution is -2.45. The van der Waals surface area contributed by atoms with Crippen molar-refractivity contribution < 1.29 is 9.90 Å². The van der Waals surface area contributed by atoms with Crippen molar-refractivity contribution in [2.24, 2.45) is 5.92 Å². The summed E-state index contributed by atoms with van der Waals surface area (Å²) in [5.74, 6) is -0.952. The quantitative estimate of drug-likeness (QED) is 0.892. The standard InChI is InChI=1S/C15H21NO2/c1-11(12-7-5-4-6-8-12)16-10-9-13(14(17)18)15(16,2)3/h4-8,11,13H,9-10H2,1-3H3,(H,17,18). The molecular formula is C15H21NO2. The smallest absolute Gasteiger partial charge is 0.308 e. The molecule has 1 aromatic carbocycles. The van der Waals surface area contributed by atoms with Crippen LogP contribution in [0.15, 0.2) is 30.3 Å². The maximum atomic E-state index is 11.3. The molecule has 3 nitrogen and oxygen atoms in total. The van der Waals surface area contributed by atoms with E-state index in [0.717, 1.165) is 13.0 Å². The Labute approximate surface area is 108 Å². The van der Waals surface area contributed by atoms with E-state index in [2.05, 4.69) is 24.0 Å². The van der Waals surface area contributed by atoms with E-state index >= 15 is 0 Å². The number of nitrogens with zero attached hydrogens (tertiary/aromatic N) is 1. The lowest BCUT2D eigenvalue weighted by Gasteiger charge is -2.39. The third kappa shape index (κ3) is 2.15. The van der Waals surface area contributed by atoms with Crippen LogP contribution in [-0.2, 0) is 4.79 Å². The molecule has 0 amide bonds. The predicted molar refractivity (Wildman–Crippen MR) is 71.4 cm³/mol. The summed E-state index contributed by atoms with van der Waals surface area (Å²) < 4.78 is 0. The summed E-state index contributed by atoms with van der Waals surface area (Å²) in [5, 5.41) is 9.29. The van der Waals surface area contributed by atoms with Crippen molar-refractivity contribution in [3.8, 4) is 0 Å². The van der Waals surface area contributed by atoms with Crippen LogP contribution in [0.2, 0.25) is 0 Å². The number of carboxylic acids is 1. The molecule has 0 aliphatic carbocycles. The van der Waals surface area contributed by atoms with Gasteiger partial charge in [0.1, 0.15) is 0 Å². The molecule has 0 aromatic heterocycles. The number of likely N-dealkylation sites (tertiary alicyclic amines) is 1. The molecule has 1 aromatic rings. The highest BCUT2D eigenvalue weighted by Crippen LogP contribution is 2.40. The average molecular weight is 247 g/mol. The zero-order chi connectivity index (χ0) is 13.3. The largest absolute Gasteiger partial charge is 0.481 e. The van der Waals surface area contributed by atoms with Crippen molar-refractivity contribution in [2.75, 3.05) is 6.54 Å². The van der Waals surface area contributed by atoms with Crippen LogP contribution in [0.3, 0.4) is 0 Å². The third-order valence-corrected chi connectivity index (χ3v) is 4.30. The molecule has 2 unspecified atom stereocenters. The minimum Gasteiger partial charge on any atom is -0.481 e. The van der Waals surface area contributed by atoms with Gasteiger partial charge in [-0.2, -0.15) is 0 Å². The Kier molecular flexibility index (Phi) is 3.44. The molecule has 1 aliphatic rings. The highest BCUT2D eigenvalue weighted by molar-refractivity contribution is 5.72. The lowest BCUT2D eigenvalue weighted by atomic mass is 9.87. The highest BCUT2D eigenvalue weighted by atomic mass is 16.4. The lowest BCUT2D eigenvalue weighted by molar-refractivity contribution is -0.144. The van der Waals surface area contributed by atoms with Crippen LogP contribution < -0.4 is 0 Å². The first-order valence-electron chi connectivity index (χ1n) is 6.49. The molecule has 1 heterocycles. The molecule has 0 bridgehead atoms. The van der Waals surface area contributed by atoms with Crippen LogP contribution in [0.1, 0.15) is 38.8 Å². The number of hydrogen-bond donors (Lipinski definition) is 1. The molecule has 2 rings (SSSR count). The fourth-order valence-corrected chi connectivity index (χ4v) is 3.14. The summed E-state index contributed by atoms with van der Waals surface area (Å²) in [6, 6.07) is 10.5. The Hall–Kier alpha value is -1.35. The number of carboxylic acid groups (broad SMARTS) is 1. The molecule has 2 atom stereocenters. The fraction of sp³-hybridized carbons (Fsp3) is 0.533. The number of rotatable bonds is 3. The molecule has 98 valence electrons. The molecule has 0 radical (unpaired) electrons. The summed E-state index contributed by atoms with van der Waals surface area (Å²) in [5.41, 5.74) is 0.956. The average Bonchev–Trinajstić information content (AvgIpc) is 2.65. The first-order chi connectivity index (χ1) is 8.44. The summed E-state index contributed by atoms with van der Waals surface area (Å²) >= 11 is 0. The molecule has 1 saturated heterocycles. The van der Waals surface area contributed by atoms with Gasteiger partial charge < -0.3 is 5.11 Å². The van der Waals surface area contributed by atoms with E-state index in [-0.39, 0.29) is 17.5 Å². The number of carbonyl (C=O) groups is 1. The number of aliphatic carboxylic acids is 1. The van der Waals surface area contributed by atoms with Crippen molar-refractivity contribution in [1.29, 1.82) is 0 Å². The summed E-state index contributed by atoms with van der Waals surface area (Å²) in [6.45, 7) is 7.08. The second-order valence-electron chi connectivity index (χ2n) is 5.61. The van der Waals surface area contributed by atoms with Gasteiger partial charge in [0.15, 0.2) is 0 Å². The van der Waals surface area contributed by atoms with E-state index in [4.69, 9.17) is 0 Å². The van der Waals surface area contributed by atoms with E-state index in [1.165, 1.54) is 5.56 Å². The number of benzene rings is 1. The van der Waals surface area contributed by atoms with Gasteiger partial charge in [0, 0.05) is 18.1 Å². The van der Waals surface area contributed by atoms with Gasteiger partial charge >= 0.3 is 5.97 Å². The van der Waals surface area contributed by atoms with Gasteiger partial charge in [-0.3, -0.25) is 9.69 Å². The van der Waals surface area contributed by atoms with E-state index in [1.807, 2.05) is 32.0 Å². The second-order valence-corrected chi connectivity index (χ2v) is 5.61. The maximum absolute atomic E-state index is 11.3. The van der Waals surface area contributed by atoms with Gasteiger partial charge in [0.2, 0.25) is 0 Å². The Morgan fingerprint density at radius 2 is 2.00 bits per heavy atom. The van der Waals surface area contributed by atoms with Crippen LogP contribution >= 0.6 is 0 Å². The van der Waals surface area contributed by atoms with Crippen LogP contribution in [0, 0.1) is 5.92 Å². The second kappa shape index (κ2) is 4.73. The topological polar surface area (TPSA) is 40.5 Å². The van der Waals surface area contributed by atoms with E-state index in [9.17, 15) is 9.90 Å². The molecule has 18 heavy (non-hydrogen) atoms. The molecular weight excluding hydrogens is 226 g/mol. The summed E-state index contributed by atoms with van der Waals surface area (Å²) in [4.78, 5) is 13.6. The van der Waals surface area contributed by atoms with Gasteiger partial charge in [-0.25, -0.2) is 0 Å². The SMILES string of the molecule is CC(c1ccccc1)N1CCC(C(=O)O)C1(C)C. The van der Waals surface area contributed by atoms with Crippen molar-refractivity contribution in [1.82, 2.24) is 4.90 Å². The van der Waals surface area contributed by atoms with Gasteiger partial charge in [-0.15, -0.1) is 0 Å². The maximum Gasteiger partial charge on any atom is 0.308 e. The number of hydrogen-bond acceptors (Lipinski definition) is 2. The monoisotopic (exact) mass is 247 g/mol. The summed E-state index contributed by atoms with van der Waals surface area (Å²) in [7, 11) is 0. The fourth-order valence-electron chi connectivity index (χ4n) is 3.14. The molecule has 1 fully saturated rings. The highest BCUT2D eigenvalue weighted by Gasteiger charge is 2.47. The van der Waals surface area contributed by atoms with E-state index in [1.54, 1.807) is 0 Å². The predicted octanol–water partition coefficient (Wildman–Crippen LogP) is 2.93.